The van der Waals surface area contributed by atoms with Crippen molar-refractivity contribution in [3.8, 4) is 29.0 Å². The topological polar surface area (TPSA) is 83.3 Å². The number of aromatic nitrogens is 6. The van der Waals surface area contributed by atoms with Gasteiger partial charge in [-0.1, -0.05) is 54.6 Å². The zero-order valence-electron chi connectivity index (χ0n) is 24.8. The lowest BCUT2D eigenvalue weighted by molar-refractivity contribution is 0.463. The Morgan fingerprint density at radius 1 is 0.711 bits per heavy atom. The molecule has 0 spiro atoms. The Morgan fingerprint density at radius 2 is 1.47 bits per heavy atom. The largest absolute Gasteiger partial charge is 0.439 e. The first-order chi connectivity index (χ1) is 22.0. The van der Waals surface area contributed by atoms with E-state index in [-0.39, 0.29) is 0 Å². The molecule has 0 aliphatic rings. The summed E-state index contributed by atoms with van der Waals surface area (Å²) in [7, 11) is 0. The monoisotopic (exact) mass is 586 g/mol. The normalized spacial score (nSPS) is 11.9. The van der Waals surface area contributed by atoms with Crippen LogP contribution in [0.2, 0.25) is 0 Å². The third-order valence-electron chi connectivity index (χ3n) is 8.68. The second kappa shape index (κ2) is 9.49. The van der Waals surface area contributed by atoms with Crippen LogP contribution in [0.1, 0.15) is 16.8 Å². The van der Waals surface area contributed by atoms with Crippen LogP contribution in [0.25, 0.3) is 66.5 Å². The van der Waals surface area contributed by atoms with Crippen LogP contribution in [0, 0.1) is 20.8 Å². The molecule has 0 unspecified atom stereocenters. The number of fused-ring (bicyclic) bond motifs is 9. The summed E-state index contributed by atoms with van der Waals surface area (Å²) in [6.07, 6.45) is 3.55. The van der Waals surface area contributed by atoms with Gasteiger partial charge in [-0.15, -0.1) is 10.2 Å². The summed E-state index contributed by atoms with van der Waals surface area (Å²) in [6, 6.07) is 31.3. The molecule has 0 amide bonds. The summed E-state index contributed by atoms with van der Waals surface area (Å²) in [4.78, 5) is 9.63. The number of para-hydroxylation sites is 2. The molecule has 0 saturated heterocycles. The van der Waals surface area contributed by atoms with Gasteiger partial charge in [0.05, 0.1) is 22.7 Å². The molecule has 0 atom stereocenters. The van der Waals surface area contributed by atoms with Gasteiger partial charge in [-0.05, 0) is 56.2 Å². The molecule has 8 nitrogen and oxygen atoms in total. The first-order valence-electron chi connectivity index (χ1n) is 14.8. The summed E-state index contributed by atoms with van der Waals surface area (Å²) in [5.41, 5.74) is 7.93. The van der Waals surface area contributed by atoms with E-state index in [1.54, 1.807) is 6.33 Å². The van der Waals surface area contributed by atoms with Gasteiger partial charge in [0, 0.05) is 50.3 Å². The maximum Gasteiger partial charge on any atom is 0.307 e. The molecule has 0 radical (unpaired) electrons. The second-order valence-corrected chi connectivity index (χ2v) is 11.4. The number of ether oxygens (including phenoxy) is 1. The molecule has 9 rings (SSSR count). The fourth-order valence-electron chi connectivity index (χ4n) is 6.73. The lowest BCUT2D eigenvalue weighted by atomic mass is 10.0. The maximum atomic E-state index is 6.47. The lowest BCUT2D eigenvalue weighted by Gasteiger charge is -2.12. The molecule has 45 heavy (non-hydrogen) atoms. The summed E-state index contributed by atoms with van der Waals surface area (Å²) < 4.78 is 17.0. The lowest BCUT2D eigenvalue weighted by Crippen LogP contribution is -1.97. The molecule has 0 aliphatic heterocycles. The number of benzene rings is 4. The van der Waals surface area contributed by atoms with Crippen molar-refractivity contribution in [2.24, 2.45) is 0 Å². The molecule has 0 bridgehead atoms. The van der Waals surface area contributed by atoms with E-state index in [2.05, 4.69) is 77.1 Å². The Balaban J connectivity index is 1.20. The van der Waals surface area contributed by atoms with Crippen LogP contribution in [0.3, 0.4) is 0 Å². The van der Waals surface area contributed by atoms with Crippen LogP contribution in [0.15, 0.2) is 108 Å². The van der Waals surface area contributed by atoms with Crippen molar-refractivity contribution in [1.82, 2.24) is 29.1 Å². The summed E-state index contributed by atoms with van der Waals surface area (Å²) in [5, 5.41) is 13.9. The van der Waals surface area contributed by atoms with Gasteiger partial charge in [0.2, 0.25) is 5.88 Å². The standard InChI is InChI=1S/C37H26N6O2/c1-21-9-8-10-22(2)34(21)32-19-38-37(45-32)43-30-14-7-4-11-25(30)26-16-15-24(17-31(26)43)44-33-18-28-35(23(3)40-33)27-12-5-6-13-29(27)42-20-39-41-36(28)42/h4-20H,1-3H3. The van der Waals surface area contributed by atoms with Gasteiger partial charge in [0.1, 0.15) is 12.1 Å². The van der Waals surface area contributed by atoms with Crippen molar-refractivity contribution in [3.05, 3.63) is 120 Å². The summed E-state index contributed by atoms with van der Waals surface area (Å²) in [6.45, 7) is 6.19. The number of aryl methyl sites for hydroxylation is 3. The highest BCUT2D eigenvalue weighted by Gasteiger charge is 2.20. The zero-order chi connectivity index (χ0) is 30.2. The number of rotatable bonds is 4. The quantitative estimate of drug-likeness (QED) is 0.192. The van der Waals surface area contributed by atoms with Crippen LogP contribution < -0.4 is 4.74 Å². The van der Waals surface area contributed by atoms with Crippen molar-refractivity contribution in [1.29, 1.82) is 0 Å². The van der Waals surface area contributed by atoms with E-state index in [4.69, 9.17) is 19.1 Å². The zero-order valence-corrected chi connectivity index (χ0v) is 24.8. The molecule has 0 fully saturated rings. The van der Waals surface area contributed by atoms with E-state index < -0.39 is 0 Å². The fraction of sp³-hybridized carbons (Fsp3) is 0.0811. The highest BCUT2D eigenvalue weighted by atomic mass is 16.5. The molecule has 5 heterocycles. The van der Waals surface area contributed by atoms with Crippen molar-refractivity contribution in [3.63, 3.8) is 0 Å². The third kappa shape index (κ3) is 3.78. The molecule has 0 aliphatic carbocycles. The van der Waals surface area contributed by atoms with Gasteiger partial charge in [-0.25, -0.2) is 9.97 Å². The van der Waals surface area contributed by atoms with E-state index in [0.717, 1.165) is 77.3 Å². The Labute approximate surface area is 257 Å². The number of hydrogen-bond acceptors (Lipinski definition) is 6. The molecule has 4 aromatic carbocycles. The van der Waals surface area contributed by atoms with Gasteiger partial charge in [-0.3, -0.25) is 8.97 Å². The molecule has 8 heteroatoms. The first-order valence-corrected chi connectivity index (χ1v) is 14.8. The molecule has 0 N–H and O–H groups in total. The number of oxazole rings is 1. The third-order valence-corrected chi connectivity index (χ3v) is 8.68. The Morgan fingerprint density at radius 3 is 2.31 bits per heavy atom. The number of nitrogens with zero attached hydrogens (tertiary/aromatic N) is 6. The fourth-order valence-corrected chi connectivity index (χ4v) is 6.73. The summed E-state index contributed by atoms with van der Waals surface area (Å²) >= 11 is 0. The van der Waals surface area contributed by atoms with Gasteiger partial charge < -0.3 is 9.15 Å². The smallest absolute Gasteiger partial charge is 0.307 e. The van der Waals surface area contributed by atoms with E-state index in [0.29, 0.717) is 17.6 Å². The van der Waals surface area contributed by atoms with E-state index >= 15 is 0 Å². The molecule has 5 aromatic heterocycles. The molecular formula is C37H26N6O2. The van der Waals surface area contributed by atoms with Crippen LogP contribution >= 0.6 is 0 Å². The van der Waals surface area contributed by atoms with Crippen LogP contribution in [-0.4, -0.2) is 29.1 Å². The number of pyridine rings is 2. The van der Waals surface area contributed by atoms with E-state index in [1.165, 1.54) is 0 Å². The van der Waals surface area contributed by atoms with Crippen LogP contribution in [-0.2, 0) is 0 Å². The Hall–Kier alpha value is -6.02. The van der Waals surface area contributed by atoms with Crippen molar-refractivity contribution >= 4 is 49.1 Å². The minimum absolute atomic E-state index is 0.482. The van der Waals surface area contributed by atoms with Crippen LogP contribution in [0.4, 0.5) is 0 Å². The average molecular weight is 587 g/mol. The average Bonchev–Trinajstić information content (AvgIpc) is 3.79. The van der Waals surface area contributed by atoms with Gasteiger partial charge in [0.25, 0.3) is 0 Å². The van der Waals surface area contributed by atoms with Gasteiger partial charge >= 0.3 is 6.01 Å². The number of hydrogen-bond donors (Lipinski definition) is 0. The molecule has 9 aromatic rings. The second-order valence-electron chi connectivity index (χ2n) is 11.4. The van der Waals surface area contributed by atoms with Crippen molar-refractivity contribution in [2.45, 2.75) is 20.8 Å². The van der Waals surface area contributed by atoms with E-state index in [1.807, 2.05) is 60.0 Å². The van der Waals surface area contributed by atoms with Gasteiger partial charge in [0.15, 0.2) is 11.4 Å². The summed E-state index contributed by atoms with van der Waals surface area (Å²) in [5.74, 6) is 1.87. The van der Waals surface area contributed by atoms with Crippen molar-refractivity contribution < 1.29 is 9.15 Å². The molecule has 216 valence electrons. The minimum atomic E-state index is 0.482. The predicted octanol–water partition coefficient (Wildman–Crippen LogP) is 8.90. The maximum absolute atomic E-state index is 6.47. The van der Waals surface area contributed by atoms with Gasteiger partial charge in [-0.2, -0.15) is 0 Å². The predicted molar refractivity (Wildman–Crippen MR) is 176 cm³/mol. The minimum Gasteiger partial charge on any atom is -0.439 e. The Kier molecular flexibility index (Phi) is 5.37. The SMILES string of the molecule is Cc1cccc(C)c1-c1cnc(-n2c3ccccc3c3ccc(Oc4cc5c(c(C)n4)c4ccccc4n4cnnc54)cc32)o1. The highest BCUT2D eigenvalue weighted by Crippen LogP contribution is 2.38. The molecule has 0 saturated carbocycles. The van der Waals surface area contributed by atoms with Crippen LogP contribution in [0.5, 0.6) is 11.6 Å². The Bertz CT molecular complexity index is 2610. The first kappa shape index (κ1) is 25.5. The highest BCUT2D eigenvalue weighted by molar-refractivity contribution is 6.13. The van der Waals surface area contributed by atoms with Crippen molar-refractivity contribution in [2.75, 3.05) is 0 Å². The van der Waals surface area contributed by atoms with E-state index in [9.17, 15) is 0 Å². The molecular weight excluding hydrogens is 560 g/mol.